The summed E-state index contributed by atoms with van der Waals surface area (Å²) in [6.07, 6.45) is 7.50. The zero-order chi connectivity index (χ0) is 19.9. The van der Waals surface area contributed by atoms with Crippen LogP contribution in [0.1, 0.15) is 57.3 Å². The molecule has 4 aliphatic rings. The van der Waals surface area contributed by atoms with E-state index in [0.29, 0.717) is 12.8 Å². The van der Waals surface area contributed by atoms with E-state index in [0.717, 1.165) is 37.0 Å². The maximum atomic E-state index is 12.5. The Morgan fingerprint density at radius 2 is 2.14 bits per heavy atom. The van der Waals surface area contributed by atoms with Gasteiger partial charge in [-0.2, -0.15) is 0 Å². The molecular weight excluding hydrogens is 358 g/mol. The van der Waals surface area contributed by atoms with E-state index in [-0.39, 0.29) is 23.2 Å². The minimum absolute atomic E-state index is 0.0835. The van der Waals surface area contributed by atoms with Crippen molar-refractivity contribution in [2.24, 2.45) is 28.6 Å². The van der Waals surface area contributed by atoms with Gasteiger partial charge in [0.25, 0.3) is 0 Å². The average Bonchev–Trinajstić information content (AvgIpc) is 3.20. The molecule has 0 aliphatic heterocycles. The number of hydrogen-bond acceptors (Lipinski definition) is 6. The highest BCUT2D eigenvalue weighted by Gasteiger charge is 2.68. The van der Waals surface area contributed by atoms with Crippen LogP contribution in [0.4, 0.5) is 0 Å². The molecule has 4 aliphatic carbocycles. The lowest BCUT2D eigenvalue weighted by Gasteiger charge is -2.60. The molecule has 6 nitrogen and oxygen atoms in total. The first-order valence-electron chi connectivity index (χ1n) is 10.4. The highest BCUT2D eigenvalue weighted by atomic mass is 16.5. The van der Waals surface area contributed by atoms with Gasteiger partial charge in [-0.15, -0.1) is 0 Å². The van der Waals surface area contributed by atoms with Crippen molar-refractivity contribution in [1.29, 1.82) is 0 Å². The second kappa shape index (κ2) is 5.77. The maximum Gasteiger partial charge on any atom is 0.190 e. The number of Topliss-reactive ketones (excluding diaryl/α,β-unsaturated/α-hetero) is 1. The Hall–Kier alpha value is -1.50. The van der Waals surface area contributed by atoms with Gasteiger partial charge in [0.15, 0.2) is 11.5 Å². The average molecular weight is 387 g/mol. The molecule has 3 saturated carbocycles. The molecule has 1 heterocycles. The third kappa shape index (κ3) is 2.09. The van der Waals surface area contributed by atoms with Crippen LogP contribution >= 0.6 is 0 Å². The second-order valence-corrected chi connectivity index (χ2v) is 9.98. The molecule has 3 N–H and O–H groups in total. The lowest BCUT2D eigenvalue weighted by Crippen LogP contribution is -2.62. The summed E-state index contributed by atoms with van der Waals surface area (Å²) in [5.74, 6) is 0.837. The van der Waals surface area contributed by atoms with Crippen molar-refractivity contribution in [3.8, 4) is 0 Å². The predicted molar refractivity (Wildman–Crippen MR) is 101 cm³/mol. The number of aliphatic hydroxyl groups is 3. The molecule has 0 aromatic carbocycles. The molecule has 1 aromatic rings. The van der Waals surface area contributed by atoms with Gasteiger partial charge in [-0.25, -0.2) is 0 Å². The number of carbonyl (C=O) groups is 1. The number of hydrogen-bond donors (Lipinski definition) is 3. The number of fused-ring (bicyclic) bond motifs is 6. The summed E-state index contributed by atoms with van der Waals surface area (Å²) < 4.78 is 5.38. The van der Waals surface area contributed by atoms with Crippen molar-refractivity contribution < 1.29 is 24.6 Å². The number of rotatable bonds is 2. The van der Waals surface area contributed by atoms with Gasteiger partial charge in [0.2, 0.25) is 0 Å². The Balaban J connectivity index is 1.55. The fourth-order valence-corrected chi connectivity index (χ4v) is 7.61. The number of carbonyl (C=O) groups excluding carboxylic acids is 1. The first-order valence-corrected chi connectivity index (χ1v) is 10.4. The van der Waals surface area contributed by atoms with Gasteiger partial charge in [-0.05, 0) is 67.8 Å². The fourth-order valence-electron chi connectivity index (χ4n) is 7.61. The number of nitrogens with zero attached hydrogens (tertiary/aromatic N) is 1. The summed E-state index contributed by atoms with van der Waals surface area (Å²) in [6.45, 7) is 3.55. The molecule has 3 fully saturated rings. The van der Waals surface area contributed by atoms with Crippen molar-refractivity contribution in [3.63, 3.8) is 0 Å². The standard InChI is InChI=1S/C22H29NO5/c1-20-8-12-10-23-28-17(12)7-13(20)3-4-14-15-5-6-22(27,18(26)11-24)21(15,2)9-16(25)19(14)20/h7,10,14-16,19,24-25,27H,3-6,8-9,11H2,1-2H3/t14?,15?,16-,19?,20-,21-,22-/m0/s1. The molecule has 0 amide bonds. The zero-order valence-corrected chi connectivity index (χ0v) is 16.5. The molecule has 28 heavy (non-hydrogen) atoms. The predicted octanol–water partition coefficient (Wildman–Crippen LogP) is 2.12. The lowest BCUT2D eigenvalue weighted by molar-refractivity contribution is -0.181. The van der Waals surface area contributed by atoms with Crippen LogP contribution in [0, 0.1) is 28.6 Å². The van der Waals surface area contributed by atoms with Crippen LogP contribution in [0.25, 0.3) is 6.08 Å². The smallest absolute Gasteiger partial charge is 0.190 e. The van der Waals surface area contributed by atoms with Crippen LogP contribution in [0.15, 0.2) is 16.3 Å². The highest BCUT2D eigenvalue weighted by Crippen LogP contribution is 2.67. The van der Waals surface area contributed by atoms with E-state index in [1.54, 1.807) is 6.20 Å². The van der Waals surface area contributed by atoms with Crippen molar-refractivity contribution in [1.82, 2.24) is 5.16 Å². The van der Waals surface area contributed by atoms with Crippen LogP contribution in [0.2, 0.25) is 0 Å². The Labute approximate surface area is 164 Å². The molecule has 0 bridgehead atoms. The first-order chi connectivity index (χ1) is 13.2. The summed E-state index contributed by atoms with van der Waals surface area (Å²) in [4.78, 5) is 12.5. The largest absolute Gasteiger partial charge is 0.393 e. The van der Waals surface area contributed by atoms with E-state index in [1.807, 2.05) is 6.92 Å². The molecule has 3 unspecified atom stereocenters. The van der Waals surface area contributed by atoms with Gasteiger partial charge < -0.3 is 19.8 Å². The van der Waals surface area contributed by atoms with Crippen LogP contribution in [0.3, 0.4) is 0 Å². The van der Waals surface area contributed by atoms with E-state index in [4.69, 9.17) is 4.52 Å². The second-order valence-electron chi connectivity index (χ2n) is 9.98. The normalized spacial score (nSPS) is 46.8. The Bertz CT molecular complexity index is 861. The molecule has 152 valence electrons. The van der Waals surface area contributed by atoms with Gasteiger partial charge in [0.1, 0.15) is 12.2 Å². The van der Waals surface area contributed by atoms with E-state index >= 15 is 0 Å². The third-order valence-electron chi connectivity index (χ3n) is 8.97. The summed E-state index contributed by atoms with van der Waals surface area (Å²) in [6, 6.07) is 0. The van der Waals surface area contributed by atoms with E-state index in [9.17, 15) is 20.1 Å². The number of aromatic nitrogens is 1. The molecule has 7 atom stereocenters. The molecular formula is C22H29NO5. The fraction of sp³-hybridized carbons (Fsp3) is 0.727. The number of ketones is 1. The Kier molecular flexibility index (Phi) is 3.82. The molecule has 6 heteroatoms. The van der Waals surface area contributed by atoms with Crippen LogP contribution in [0.5, 0.6) is 0 Å². The van der Waals surface area contributed by atoms with E-state index in [2.05, 4.69) is 18.2 Å². The molecule has 0 radical (unpaired) electrons. The van der Waals surface area contributed by atoms with E-state index < -0.39 is 29.5 Å². The van der Waals surface area contributed by atoms with Gasteiger partial charge in [-0.3, -0.25) is 4.79 Å². The monoisotopic (exact) mass is 387 g/mol. The molecule has 0 saturated heterocycles. The lowest BCUT2D eigenvalue weighted by atomic mass is 9.45. The summed E-state index contributed by atoms with van der Waals surface area (Å²) in [5, 5.41) is 36.0. The summed E-state index contributed by atoms with van der Waals surface area (Å²) in [7, 11) is 0. The van der Waals surface area contributed by atoms with Crippen molar-refractivity contribution in [2.75, 3.05) is 6.61 Å². The number of aliphatic hydroxyl groups excluding tert-OH is 2. The Morgan fingerprint density at radius 1 is 1.36 bits per heavy atom. The zero-order valence-electron chi connectivity index (χ0n) is 16.5. The summed E-state index contributed by atoms with van der Waals surface area (Å²) >= 11 is 0. The highest BCUT2D eigenvalue weighted by molar-refractivity contribution is 5.89. The van der Waals surface area contributed by atoms with E-state index in [1.165, 1.54) is 5.57 Å². The van der Waals surface area contributed by atoms with Crippen molar-refractivity contribution >= 4 is 11.9 Å². The first kappa shape index (κ1) is 18.5. The maximum absolute atomic E-state index is 12.5. The van der Waals surface area contributed by atoms with Gasteiger partial charge in [0.05, 0.1) is 12.3 Å². The van der Waals surface area contributed by atoms with Gasteiger partial charge in [0, 0.05) is 11.0 Å². The van der Waals surface area contributed by atoms with Gasteiger partial charge in [-0.1, -0.05) is 24.6 Å². The van der Waals surface area contributed by atoms with Crippen molar-refractivity contribution in [2.45, 2.75) is 64.1 Å². The molecule has 5 rings (SSSR count). The van der Waals surface area contributed by atoms with Crippen LogP contribution in [-0.4, -0.2) is 44.6 Å². The van der Waals surface area contributed by atoms with Crippen molar-refractivity contribution in [3.05, 3.63) is 23.1 Å². The number of allylic oxidation sites excluding steroid dienone is 1. The Morgan fingerprint density at radius 3 is 2.89 bits per heavy atom. The minimum atomic E-state index is -1.54. The van der Waals surface area contributed by atoms with Crippen LogP contribution in [-0.2, 0) is 11.2 Å². The summed E-state index contributed by atoms with van der Waals surface area (Å²) in [5.41, 5.74) is 0.0151. The SMILES string of the molecule is C[C@]12Cc3cnoc3C=C1CCC1C2[C@@H](O)C[C@@]2(C)C1CC[C@]2(O)C(=O)CO. The molecule has 1 aromatic heterocycles. The van der Waals surface area contributed by atoms with Gasteiger partial charge >= 0.3 is 0 Å². The van der Waals surface area contributed by atoms with Crippen LogP contribution < -0.4 is 0 Å². The molecule has 0 spiro atoms. The minimum Gasteiger partial charge on any atom is -0.393 e. The quantitative estimate of drug-likeness (QED) is 0.718. The topological polar surface area (TPSA) is 104 Å². The third-order valence-corrected chi connectivity index (χ3v) is 8.97.